The summed E-state index contributed by atoms with van der Waals surface area (Å²) in [4.78, 5) is 17.0. The van der Waals surface area contributed by atoms with Crippen molar-refractivity contribution in [2.45, 2.75) is 56.7 Å². The second-order valence-electron chi connectivity index (χ2n) is 8.70. The number of fused-ring (bicyclic) bond motifs is 3. The summed E-state index contributed by atoms with van der Waals surface area (Å²) in [6.07, 6.45) is 1.58. The van der Waals surface area contributed by atoms with Gasteiger partial charge in [-0.15, -0.1) is 0 Å². The van der Waals surface area contributed by atoms with Crippen LogP contribution < -0.4 is 4.74 Å². The average molecular weight is 416 g/mol. The van der Waals surface area contributed by atoms with E-state index in [1.54, 1.807) is 4.90 Å². The largest absolute Gasteiger partial charge is 0.472 e. The number of halogens is 2. The first-order chi connectivity index (χ1) is 14.4. The van der Waals surface area contributed by atoms with Gasteiger partial charge in [0.25, 0.3) is 11.8 Å². The van der Waals surface area contributed by atoms with Gasteiger partial charge in [-0.1, -0.05) is 24.3 Å². The molecule has 2 heterocycles. The lowest BCUT2D eigenvalue weighted by Gasteiger charge is -2.36. The molecule has 0 aromatic heterocycles. The smallest absolute Gasteiger partial charge is 0.260 e. The van der Waals surface area contributed by atoms with Gasteiger partial charge in [-0.2, -0.15) is 0 Å². The Morgan fingerprint density at radius 3 is 2.57 bits per heavy atom. The monoisotopic (exact) mass is 416 g/mol. The molecule has 2 atom stereocenters. The second kappa shape index (κ2) is 7.46. The number of rotatable bonds is 3. The Morgan fingerprint density at radius 1 is 1.13 bits per heavy atom. The Labute approximate surface area is 174 Å². The molecule has 1 saturated heterocycles. The molecule has 160 valence electrons. The van der Waals surface area contributed by atoms with Crippen LogP contribution in [0.2, 0.25) is 0 Å². The van der Waals surface area contributed by atoms with Crippen molar-refractivity contribution in [2.75, 3.05) is 19.8 Å². The Bertz CT molecular complexity index is 970. The quantitative estimate of drug-likeness (QED) is 0.828. The SMILES string of the molecule is O=C1c2cc(CN3CCC(F)(F)CC3)c3ccccc3c2OCN1[C@H]1CCCC1O. The van der Waals surface area contributed by atoms with Gasteiger partial charge >= 0.3 is 0 Å². The number of amides is 1. The molecule has 1 amide bonds. The van der Waals surface area contributed by atoms with Gasteiger partial charge in [0.1, 0.15) is 5.75 Å². The van der Waals surface area contributed by atoms with E-state index in [1.165, 1.54) is 0 Å². The number of benzene rings is 2. The highest BCUT2D eigenvalue weighted by Gasteiger charge is 2.39. The van der Waals surface area contributed by atoms with E-state index in [1.807, 2.05) is 35.2 Å². The van der Waals surface area contributed by atoms with Crippen molar-refractivity contribution in [3.63, 3.8) is 0 Å². The number of hydrogen-bond donors (Lipinski definition) is 1. The summed E-state index contributed by atoms with van der Waals surface area (Å²) < 4.78 is 33.1. The first kappa shape index (κ1) is 19.7. The molecule has 0 spiro atoms. The van der Waals surface area contributed by atoms with E-state index >= 15 is 0 Å². The molecule has 0 radical (unpaired) electrons. The summed E-state index contributed by atoms with van der Waals surface area (Å²) >= 11 is 0. The standard InChI is InChI=1S/C23H26F2N2O3/c24-23(25)8-10-26(11-9-23)13-15-12-18-21(17-5-2-1-4-16(15)17)30-14-27(22(18)29)19-6-3-7-20(19)28/h1-2,4-5,12,19-20,28H,3,6-11,13-14H2/t19-,20?/m0/s1. The molecule has 2 aliphatic heterocycles. The van der Waals surface area contributed by atoms with Crippen molar-refractivity contribution < 1.29 is 23.4 Å². The molecule has 30 heavy (non-hydrogen) atoms. The molecule has 5 nitrogen and oxygen atoms in total. The molecule has 7 heteroatoms. The molecule has 2 aromatic carbocycles. The minimum Gasteiger partial charge on any atom is -0.472 e. The average Bonchev–Trinajstić information content (AvgIpc) is 3.16. The van der Waals surface area contributed by atoms with Crippen molar-refractivity contribution in [3.8, 4) is 5.75 Å². The van der Waals surface area contributed by atoms with E-state index in [0.717, 1.165) is 29.2 Å². The maximum Gasteiger partial charge on any atom is 0.260 e. The maximum absolute atomic E-state index is 13.6. The minimum absolute atomic E-state index is 0.126. The second-order valence-corrected chi connectivity index (χ2v) is 8.70. The van der Waals surface area contributed by atoms with Crippen LogP contribution in [-0.4, -0.2) is 58.7 Å². The van der Waals surface area contributed by atoms with Crippen LogP contribution in [0.3, 0.4) is 0 Å². The van der Waals surface area contributed by atoms with Gasteiger partial charge in [-0.05, 0) is 36.3 Å². The third-order valence-electron chi connectivity index (χ3n) is 6.75. The highest BCUT2D eigenvalue weighted by atomic mass is 19.3. The van der Waals surface area contributed by atoms with E-state index in [9.17, 15) is 18.7 Å². The summed E-state index contributed by atoms with van der Waals surface area (Å²) in [5.41, 5.74) is 1.44. The Balaban J connectivity index is 1.49. The molecule has 2 fully saturated rings. The molecular formula is C23H26F2N2O3. The highest BCUT2D eigenvalue weighted by molar-refractivity contribution is 6.06. The van der Waals surface area contributed by atoms with Crippen LogP contribution in [0.15, 0.2) is 30.3 Å². The molecule has 1 aliphatic carbocycles. The molecule has 5 rings (SSSR count). The van der Waals surface area contributed by atoms with Gasteiger partial charge in [0.2, 0.25) is 0 Å². The van der Waals surface area contributed by atoms with Crippen LogP contribution in [0.1, 0.15) is 48.0 Å². The number of piperidine rings is 1. The zero-order valence-electron chi connectivity index (χ0n) is 16.8. The van der Waals surface area contributed by atoms with Crippen molar-refractivity contribution in [2.24, 2.45) is 0 Å². The number of hydrogen-bond acceptors (Lipinski definition) is 4. The van der Waals surface area contributed by atoms with E-state index < -0.39 is 12.0 Å². The van der Waals surface area contributed by atoms with Crippen LogP contribution in [0, 0.1) is 0 Å². The van der Waals surface area contributed by atoms with E-state index in [0.29, 0.717) is 37.4 Å². The fourth-order valence-corrected chi connectivity index (χ4v) is 5.03. The van der Waals surface area contributed by atoms with Gasteiger partial charge in [0.15, 0.2) is 6.73 Å². The van der Waals surface area contributed by atoms with Crippen LogP contribution >= 0.6 is 0 Å². The topological polar surface area (TPSA) is 53.0 Å². The summed E-state index contributed by atoms with van der Waals surface area (Å²) in [7, 11) is 0. The fourth-order valence-electron chi connectivity index (χ4n) is 5.03. The molecule has 1 N–H and O–H groups in total. The Morgan fingerprint density at radius 2 is 1.87 bits per heavy atom. The predicted molar refractivity (Wildman–Crippen MR) is 109 cm³/mol. The minimum atomic E-state index is -2.58. The third kappa shape index (κ3) is 3.44. The molecule has 1 unspecified atom stereocenters. The molecule has 3 aliphatic rings. The lowest BCUT2D eigenvalue weighted by Crippen LogP contribution is -2.48. The first-order valence-electron chi connectivity index (χ1n) is 10.7. The summed E-state index contributed by atoms with van der Waals surface area (Å²) in [5.74, 6) is -2.13. The van der Waals surface area contributed by atoms with Crippen molar-refractivity contribution in [1.82, 2.24) is 9.80 Å². The van der Waals surface area contributed by atoms with Gasteiger partial charge < -0.3 is 9.84 Å². The zero-order valence-corrected chi connectivity index (χ0v) is 16.8. The molecular weight excluding hydrogens is 390 g/mol. The van der Waals surface area contributed by atoms with E-state index in [4.69, 9.17) is 4.74 Å². The number of carbonyl (C=O) groups excluding carboxylic acids is 1. The van der Waals surface area contributed by atoms with Gasteiger partial charge in [0.05, 0.1) is 17.7 Å². The van der Waals surface area contributed by atoms with Crippen LogP contribution in [0.25, 0.3) is 10.8 Å². The van der Waals surface area contributed by atoms with Gasteiger partial charge in [-0.25, -0.2) is 8.78 Å². The third-order valence-corrected chi connectivity index (χ3v) is 6.75. The number of nitrogens with zero attached hydrogens (tertiary/aromatic N) is 2. The fraction of sp³-hybridized carbons (Fsp3) is 0.522. The summed E-state index contributed by atoms with van der Waals surface area (Å²) in [6.45, 7) is 1.33. The number of aliphatic hydroxyl groups is 1. The van der Waals surface area contributed by atoms with Crippen LogP contribution in [0.5, 0.6) is 5.75 Å². The predicted octanol–water partition coefficient (Wildman–Crippen LogP) is 3.78. The first-order valence-corrected chi connectivity index (χ1v) is 10.7. The van der Waals surface area contributed by atoms with E-state index in [-0.39, 0.29) is 31.5 Å². The number of ether oxygens (including phenoxy) is 1. The summed E-state index contributed by atoms with van der Waals surface area (Å²) in [5, 5.41) is 12.1. The zero-order chi connectivity index (χ0) is 20.9. The Kier molecular flexibility index (Phi) is 4.90. The maximum atomic E-state index is 13.6. The van der Waals surface area contributed by atoms with E-state index in [2.05, 4.69) is 0 Å². The Hall–Kier alpha value is -2.25. The van der Waals surface area contributed by atoms with Crippen molar-refractivity contribution in [1.29, 1.82) is 0 Å². The normalized spacial score (nSPS) is 26.6. The van der Waals surface area contributed by atoms with Gasteiger partial charge in [-0.3, -0.25) is 14.6 Å². The molecule has 0 bridgehead atoms. The van der Waals surface area contributed by atoms with Crippen LogP contribution in [0.4, 0.5) is 8.78 Å². The highest BCUT2D eigenvalue weighted by Crippen LogP contribution is 2.39. The molecule has 2 aromatic rings. The lowest BCUT2D eigenvalue weighted by atomic mass is 9.96. The number of aliphatic hydroxyl groups excluding tert-OH is 1. The number of carbonyl (C=O) groups is 1. The van der Waals surface area contributed by atoms with Gasteiger partial charge in [0, 0.05) is 37.9 Å². The lowest BCUT2D eigenvalue weighted by molar-refractivity contribution is -0.0565. The van der Waals surface area contributed by atoms with Crippen molar-refractivity contribution in [3.05, 3.63) is 41.5 Å². The number of alkyl halides is 2. The molecule has 1 saturated carbocycles. The van der Waals surface area contributed by atoms with Crippen molar-refractivity contribution >= 4 is 16.7 Å². The number of likely N-dealkylation sites (tertiary alicyclic amines) is 1. The van der Waals surface area contributed by atoms with Crippen LogP contribution in [-0.2, 0) is 6.54 Å². The summed E-state index contributed by atoms with van der Waals surface area (Å²) in [6, 6.07) is 9.42.